The fraction of sp³-hybridized carbons (Fsp3) is 0.211. The molecule has 0 atom stereocenters. The summed E-state index contributed by atoms with van der Waals surface area (Å²) in [5.74, 6) is 0.377. The molecule has 0 aliphatic carbocycles. The molecule has 0 bridgehead atoms. The number of aryl methyl sites for hydroxylation is 1. The molecule has 0 aliphatic rings. The van der Waals surface area contributed by atoms with Gasteiger partial charge in [-0.1, -0.05) is 49.7 Å². The number of carbonyl (C=O) groups excluding carboxylic acids is 1. The Labute approximate surface area is 135 Å². The Balaban J connectivity index is 1.70. The zero-order valence-corrected chi connectivity index (χ0v) is 13.0. The third-order valence-corrected chi connectivity index (χ3v) is 3.66. The second kappa shape index (κ2) is 7.01. The van der Waals surface area contributed by atoms with E-state index in [4.69, 9.17) is 4.74 Å². The average molecular weight is 306 g/mol. The molecule has 0 aliphatic heterocycles. The maximum atomic E-state index is 12.3. The predicted molar refractivity (Wildman–Crippen MR) is 89.8 cm³/mol. The quantitative estimate of drug-likeness (QED) is 0.649. The van der Waals surface area contributed by atoms with Crippen molar-refractivity contribution in [2.45, 2.75) is 19.8 Å². The Morgan fingerprint density at radius 2 is 1.83 bits per heavy atom. The molecule has 0 N–H and O–H groups in total. The summed E-state index contributed by atoms with van der Waals surface area (Å²) >= 11 is 0. The van der Waals surface area contributed by atoms with Crippen molar-refractivity contribution in [1.82, 2.24) is 9.97 Å². The molecule has 0 saturated heterocycles. The molecule has 0 unspecified atom stereocenters. The van der Waals surface area contributed by atoms with Crippen LogP contribution in [0, 0.1) is 0 Å². The van der Waals surface area contributed by atoms with Crippen molar-refractivity contribution >= 4 is 16.7 Å². The minimum Gasteiger partial charge on any atom is -0.469 e. The van der Waals surface area contributed by atoms with E-state index in [-0.39, 0.29) is 12.4 Å². The number of para-hydroxylation sites is 1. The van der Waals surface area contributed by atoms with E-state index in [1.54, 1.807) is 0 Å². The number of ketones is 1. The van der Waals surface area contributed by atoms with Gasteiger partial charge < -0.3 is 4.74 Å². The first-order chi connectivity index (χ1) is 11.3. The molecule has 0 fully saturated rings. The van der Waals surface area contributed by atoms with E-state index in [1.165, 1.54) is 11.9 Å². The van der Waals surface area contributed by atoms with E-state index in [9.17, 15) is 4.79 Å². The van der Waals surface area contributed by atoms with Gasteiger partial charge in [0.1, 0.15) is 6.33 Å². The number of aromatic nitrogens is 2. The van der Waals surface area contributed by atoms with Crippen molar-refractivity contribution in [2.75, 3.05) is 6.61 Å². The Morgan fingerprint density at radius 3 is 2.61 bits per heavy atom. The van der Waals surface area contributed by atoms with E-state index in [0.29, 0.717) is 11.4 Å². The number of carbonyl (C=O) groups is 1. The molecule has 3 rings (SSSR count). The zero-order valence-electron chi connectivity index (χ0n) is 13.0. The summed E-state index contributed by atoms with van der Waals surface area (Å²) in [5.41, 5.74) is 2.70. The fourth-order valence-electron chi connectivity index (χ4n) is 2.46. The van der Waals surface area contributed by atoms with Crippen molar-refractivity contribution in [1.29, 1.82) is 0 Å². The van der Waals surface area contributed by atoms with Crippen LogP contribution >= 0.6 is 0 Å². The van der Waals surface area contributed by atoms with E-state index >= 15 is 0 Å². The summed E-state index contributed by atoms with van der Waals surface area (Å²) in [4.78, 5) is 20.6. The highest BCUT2D eigenvalue weighted by Crippen LogP contribution is 2.20. The second-order valence-corrected chi connectivity index (χ2v) is 5.35. The van der Waals surface area contributed by atoms with Gasteiger partial charge in [-0.2, -0.15) is 0 Å². The average Bonchev–Trinajstić information content (AvgIpc) is 2.60. The monoisotopic (exact) mass is 306 g/mol. The molecule has 116 valence electrons. The lowest BCUT2D eigenvalue weighted by molar-refractivity contribution is 0.0919. The van der Waals surface area contributed by atoms with Crippen molar-refractivity contribution < 1.29 is 9.53 Å². The van der Waals surface area contributed by atoms with Crippen LogP contribution < -0.4 is 4.74 Å². The summed E-state index contributed by atoms with van der Waals surface area (Å²) in [6.07, 6.45) is 3.57. The number of rotatable bonds is 6. The summed E-state index contributed by atoms with van der Waals surface area (Å²) in [6, 6.07) is 15.3. The standard InChI is InChI=1S/C19H18N2O2/c1-2-5-14-8-10-15(11-9-14)18(22)12-23-19-16-6-3-4-7-17(16)20-13-21-19/h3-4,6-11,13H,2,5,12H2,1H3. The van der Waals surface area contributed by atoms with Gasteiger partial charge in [0.05, 0.1) is 10.9 Å². The van der Waals surface area contributed by atoms with Gasteiger partial charge in [-0.25, -0.2) is 9.97 Å². The molecule has 4 heteroatoms. The van der Waals surface area contributed by atoms with Crippen LogP contribution in [-0.4, -0.2) is 22.4 Å². The Kier molecular flexibility index (Phi) is 4.62. The largest absolute Gasteiger partial charge is 0.469 e. The van der Waals surface area contributed by atoms with E-state index < -0.39 is 0 Å². The summed E-state index contributed by atoms with van der Waals surface area (Å²) in [7, 11) is 0. The zero-order chi connectivity index (χ0) is 16.1. The smallest absolute Gasteiger partial charge is 0.224 e. The highest BCUT2D eigenvalue weighted by atomic mass is 16.5. The molecule has 2 aromatic carbocycles. The Morgan fingerprint density at radius 1 is 1.04 bits per heavy atom. The molecule has 0 amide bonds. The lowest BCUT2D eigenvalue weighted by Gasteiger charge is -2.07. The van der Waals surface area contributed by atoms with Crippen molar-refractivity contribution in [3.8, 4) is 5.88 Å². The summed E-state index contributed by atoms with van der Waals surface area (Å²) in [5, 5.41) is 0.807. The number of hydrogen-bond acceptors (Lipinski definition) is 4. The van der Waals surface area contributed by atoms with Crippen LogP contribution in [0.4, 0.5) is 0 Å². The summed E-state index contributed by atoms with van der Waals surface area (Å²) < 4.78 is 5.61. The minimum absolute atomic E-state index is 0.0336. The highest BCUT2D eigenvalue weighted by Gasteiger charge is 2.09. The third-order valence-electron chi connectivity index (χ3n) is 3.66. The third kappa shape index (κ3) is 3.54. The number of fused-ring (bicyclic) bond motifs is 1. The first-order valence-corrected chi connectivity index (χ1v) is 7.72. The minimum atomic E-state index is -0.0595. The Bertz CT molecular complexity index is 808. The van der Waals surface area contributed by atoms with Gasteiger partial charge in [0.2, 0.25) is 5.88 Å². The van der Waals surface area contributed by atoms with Crippen LogP contribution in [0.3, 0.4) is 0 Å². The molecular formula is C19H18N2O2. The topological polar surface area (TPSA) is 52.1 Å². The first-order valence-electron chi connectivity index (χ1n) is 7.72. The van der Waals surface area contributed by atoms with Crippen LogP contribution in [0.5, 0.6) is 5.88 Å². The fourth-order valence-corrected chi connectivity index (χ4v) is 2.46. The molecule has 0 spiro atoms. The molecular weight excluding hydrogens is 288 g/mol. The van der Waals surface area contributed by atoms with Gasteiger partial charge >= 0.3 is 0 Å². The van der Waals surface area contributed by atoms with E-state index in [1.807, 2.05) is 48.5 Å². The lowest BCUT2D eigenvalue weighted by atomic mass is 10.1. The second-order valence-electron chi connectivity index (χ2n) is 5.35. The molecule has 4 nitrogen and oxygen atoms in total. The SMILES string of the molecule is CCCc1ccc(C(=O)COc2ncnc3ccccc23)cc1. The van der Waals surface area contributed by atoms with Gasteiger partial charge in [0.25, 0.3) is 0 Å². The van der Waals surface area contributed by atoms with Gasteiger partial charge in [-0.05, 0) is 24.1 Å². The maximum absolute atomic E-state index is 12.3. The van der Waals surface area contributed by atoms with Gasteiger partial charge in [0, 0.05) is 5.56 Å². The molecule has 0 saturated carbocycles. The highest BCUT2D eigenvalue weighted by molar-refractivity contribution is 5.97. The Hall–Kier alpha value is -2.75. The normalized spacial score (nSPS) is 10.7. The van der Waals surface area contributed by atoms with Crippen LogP contribution in [0.25, 0.3) is 10.9 Å². The molecule has 23 heavy (non-hydrogen) atoms. The number of ether oxygens (including phenoxy) is 1. The maximum Gasteiger partial charge on any atom is 0.224 e. The summed E-state index contributed by atoms with van der Waals surface area (Å²) in [6.45, 7) is 2.10. The van der Waals surface area contributed by atoms with E-state index in [0.717, 1.165) is 23.7 Å². The first kappa shape index (κ1) is 15.2. The number of benzene rings is 2. The molecule has 1 aromatic heterocycles. The van der Waals surface area contributed by atoms with Gasteiger partial charge in [-0.15, -0.1) is 0 Å². The van der Waals surface area contributed by atoms with Crippen LogP contribution in [0.1, 0.15) is 29.3 Å². The number of Topliss-reactive ketones (excluding diaryl/α,β-unsaturated/α-hetero) is 1. The number of hydrogen-bond donors (Lipinski definition) is 0. The predicted octanol–water partition coefficient (Wildman–Crippen LogP) is 3.84. The molecule has 3 aromatic rings. The molecule has 0 radical (unpaired) electrons. The van der Waals surface area contributed by atoms with Crippen LogP contribution in [0.2, 0.25) is 0 Å². The van der Waals surface area contributed by atoms with Crippen molar-refractivity contribution in [3.63, 3.8) is 0 Å². The van der Waals surface area contributed by atoms with Crippen molar-refractivity contribution in [2.24, 2.45) is 0 Å². The molecule has 1 heterocycles. The van der Waals surface area contributed by atoms with Crippen molar-refractivity contribution in [3.05, 3.63) is 66.0 Å². The van der Waals surface area contributed by atoms with Crippen LogP contribution in [-0.2, 0) is 6.42 Å². The van der Waals surface area contributed by atoms with E-state index in [2.05, 4.69) is 16.9 Å². The number of nitrogens with zero attached hydrogens (tertiary/aromatic N) is 2. The lowest BCUT2D eigenvalue weighted by Crippen LogP contribution is -2.12. The van der Waals surface area contributed by atoms with Gasteiger partial charge in [-0.3, -0.25) is 4.79 Å². The van der Waals surface area contributed by atoms with Gasteiger partial charge in [0.15, 0.2) is 12.4 Å². The van der Waals surface area contributed by atoms with Crippen LogP contribution in [0.15, 0.2) is 54.9 Å².